The summed E-state index contributed by atoms with van der Waals surface area (Å²) in [6, 6.07) is 15.3. The Morgan fingerprint density at radius 2 is 1.39 bits per heavy atom. The molecule has 0 radical (unpaired) electrons. The second-order valence-electron chi connectivity index (χ2n) is 10.2. The van der Waals surface area contributed by atoms with Gasteiger partial charge >= 0.3 is 17.9 Å². The Morgan fingerprint density at radius 3 is 2.18 bits per heavy atom. The van der Waals surface area contributed by atoms with Crippen molar-refractivity contribution in [1.29, 1.82) is 0 Å². The lowest BCUT2D eigenvalue weighted by molar-refractivity contribution is -0.197. The molecule has 2 aliphatic rings. The van der Waals surface area contributed by atoms with Crippen LogP contribution in [0.1, 0.15) is 79.7 Å². The summed E-state index contributed by atoms with van der Waals surface area (Å²) < 4.78 is 16.3. The maximum atomic E-state index is 12.7. The highest BCUT2D eigenvalue weighted by Crippen LogP contribution is 2.29. The van der Waals surface area contributed by atoms with Crippen LogP contribution in [0.25, 0.3) is 0 Å². The molecule has 0 N–H and O–H groups in total. The van der Waals surface area contributed by atoms with Crippen molar-refractivity contribution in [3.05, 3.63) is 70.8 Å². The Labute approximate surface area is 254 Å². The number of nitrogens with zero attached hydrogens (tertiary/aromatic N) is 1. The second kappa shape index (κ2) is 16.1. The van der Waals surface area contributed by atoms with Crippen molar-refractivity contribution < 1.29 is 47.8 Å². The van der Waals surface area contributed by atoms with Gasteiger partial charge in [-0.25, -0.2) is 4.79 Å². The molecule has 11 heteroatoms. The van der Waals surface area contributed by atoms with Crippen LogP contribution in [0.5, 0.6) is 0 Å². The zero-order chi connectivity index (χ0) is 31.3. The van der Waals surface area contributed by atoms with Gasteiger partial charge < -0.3 is 19.0 Å². The Hall–Kier alpha value is -4.82. The maximum Gasteiger partial charge on any atom is 0.333 e. The Kier molecular flexibility index (Phi) is 11.8. The van der Waals surface area contributed by atoms with E-state index in [4.69, 9.17) is 19.0 Å². The number of benzene rings is 2. The number of hydrogen-bond acceptors (Lipinski definition) is 10. The molecule has 0 spiro atoms. The molecule has 2 aromatic rings. The molecule has 1 heterocycles. The average Bonchev–Trinajstić information content (AvgIpc) is 3.33. The molecule has 230 valence electrons. The molecule has 1 saturated heterocycles. The maximum absolute atomic E-state index is 12.7. The molecule has 1 fully saturated rings. The van der Waals surface area contributed by atoms with Gasteiger partial charge in [-0.1, -0.05) is 48.2 Å². The molecule has 2 amide bonds. The number of ketones is 1. The normalized spacial score (nSPS) is 15.2. The predicted octanol–water partition coefficient (Wildman–Crippen LogP) is 3.30. The SMILES string of the molecule is O=C(CCCOCCOC(=O)CCC(=O)OC1Cc2ccccc2C#Cc2ccccc21)CCC(=O)ON1C(=O)CCC1=O. The molecule has 4 rings (SSSR count). The summed E-state index contributed by atoms with van der Waals surface area (Å²) >= 11 is 0. The Morgan fingerprint density at radius 1 is 0.727 bits per heavy atom. The average molecular weight is 604 g/mol. The molecule has 11 nitrogen and oxygen atoms in total. The minimum atomic E-state index is -0.820. The minimum Gasteiger partial charge on any atom is -0.463 e. The van der Waals surface area contributed by atoms with Crippen LogP contribution in [0.4, 0.5) is 0 Å². The number of hydrogen-bond donors (Lipinski definition) is 0. The summed E-state index contributed by atoms with van der Waals surface area (Å²) in [5.41, 5.74) is 3.47. The number of esters is 2. The van der Waals surface area contributed by atoms with Crippen molar-refractivity contribution in [1.82, 2.24) is 5.06 Å². The summed E-state index contributed by atoms with van der Waals surface area (Å²) in [6.07, 6.45) is -0.0868. The van der Waals surface area contributed by atoms with Gasteiger partial charge in [0, 0.05) is 55.4 Å². The van der Waals surface area contributed by atoms with Gasteiger partial charge in [0.25, 0.3) is 11.8 Å². The Bertz CT molecular complexity index is 1450. The number of carbonyl (C=O) groups excluding carboxylic acids is 6. The van der Waals surface area contributed by atoms with Gasteiger partial charge in [-0.05, 0) is 24.1 Å². The van der Waals surface area contributed by atoms with Crippen LogP contribution in [0.15, 0.2) is 48.5 Å². The highest BCUT2D eigenvalue weighted by Gasteiger charge is 2.32. The zero-order valence-corrected chi connectivity index (χ0v) is 24.2. The first-order valence-corrected chi connectivity index (χ1v) is 14.5. The molecule has 0 bridgehead atoms. The van der Waals surface area contributed by atoms with Crippen molar-refractivity contribution in [2.24, 2.45) is 0 Å². The first-order valence-electron chi connectivity index (χ1n) is 14.5. The summed E-state index contributed by atoms with van der Waals surface area (Å²) in [5, 5.41) is 0.451. The van der Waals surface area contributed by atoms with Gasteiger partial charge in [-0.3, -0.25) is 24.0 Å². The number of rotatable bonds is 15. The van der Waals surface area contributed by atoms with E-state index in [-0.39, 0.29) is 70.5 Å². The third kappa shape index (κ3) is 9.61. The van der Waals surface area contributed by atoms with Gasteiger partial charge in [0.15, 0.2) is 0 Å². The van der Waals surface area contributed by atoms with E-state index < -0.39 is 35.8 Å². The monoisotopic (exact) mass is 603 g/mol. The number of ether oxygens (including phenoxy) is 3. The third-order valence-electron chi connectivity index (χ3n) is 6.91. The number of hydroxylamine groups is 2. The number of fused-ring (bicyclic) bond motifs is 2. The smallest absolute Gasteiger partial charge is 0.333 e. The van der Waals surface area contributed by atoms with Gasteiger partial charge in [0.1, 0.15) is 18.5 Å². The van der Waals surface area contributed by atoms with Crippen LogP contribution < -0.4 is 0 Å². The van der Waals surface area contributed by atoms with E-state index in [1.165, 1.54) is 0 Å². The number of carbonyl (C=O) groups is 6. The molecule has 0 aromatic heterocycles. The zero-order valence-electron chi connectivity index (χ0n) is 24.2. The van der Waals surface area contributed by atoms with E-state index >= 15 is 0 Å². The first-order chi connectivity index (χ1) is 21.3. The minimum absolute atomic E-state index is 0.00187. The molecule has 2 aromatic carbocycles. The molecule has 1 atom stereocenters. The van der Waals surface area contributed by atoms with Crippen molar-refractivity contribution in [2.45, 2.75) is 63.9 Å². The standard InChI is InChI=1S/C33H33NO10/c35-26(13-16-33(40)44-34-29(36)14-15-30(34)37)9-5-19-41-20-21-42-31(38)17-18-32(39)43-28-22-25-8-2-1-6-23(25)11-12-24-7-3-4-10-27(24)28/h1-4,6-8,10,28H,5,9,13-22H2. The molecular weight excluding hydrogens is 570 g/mol. The summed E-state index contributed by atoms with van der Waals surface area (Å²) in [7, 11) is 0. The molecular formula is C33H33NO10. The van der Waals surface area contributed by atoms with Crippen molar-refractivity contribution in [3.8, 4) is 11.8 Å². The van der Waals surface area contributed by atoms with Crippen LogP contribution in [0, 0.1) is 11.8 Å². The van der Waals surface area contributed by atoms with Gasteiger partial charge in [-0.15, -0.1) is 5.06 Å². The number of amides is 2. The summed E-state index contributed by atoms with van der Waals surface area (Å²) in [4.78, 5) is 76.1. The molecule has 1 aliphatic heterocycles. The van der Waals surface area contributed by atoms with E-state index in [0.29, 0.717) is 17.9 Å². The van der Waals surface area contributed by atoms with E-state index in [9.17, 15) is 28.8 Å². The molecule has 0 saturated carbocycles. The fraction of sp³-hybridized carbons (Fsp3) is 0.394. The topological polar surface area (TPSA) is 143 Å². The lowest BCUT2D eigenvalue weighted by Gasteiger charge is -2.21. The number of Topliss-reactive ketones (excluding diaryl/α,β-unsaturated/α-hetero) is 1. The highest BCUT2D eigenvalue weighted by atomic mass is 16.7. The van der Waals surface area contributed by atoms with Gasteiger partial charge in [0.2, 0.25) is 0 Å². The first kappa shape index (κ1) is 32.1. The van der Waals surface area contributed by atoms with E-state index in [0.717, 1.165) is 22.3 Å². The van der Waals surface area contributed by atoms with Crippen LogP contribution >= 0.6 is 0 Å². The van der Waals surface area contributed by atoms with E-state index in [1.807, 2.05) is 48.5 Å². The van der Waals surface area contributed by atoms with Crippen LogP contribution in [0.2, 0.25) is 0 Å². The second-order valence-corrected chi connectivity index (χ2v) is 10.2. The highest BCUT2D eigenvalue weighted by molar-refractivity contribution is 6.01. The Balaban J connectivity index is 1.07. The summed E-state index contributed by atoms with van der Waals surface area (Å²) in [6.45, 7) is 0.355. The predicted molar refractivity (Wildman–Crippen MR) is 153 cm³/mol. The third-order valence-corrected chi connectivity index (χ3v) is 6.91. The van der Waals surface area contributed by atoms with E-state index in [1.54, 1.807) is 0 Å². The van der Waals surface area contributed by atoms with Crippen molar-refractivity contribution in [3.63, 3.8) is 0 Å². The van der Waals surface area contributed by atoms with Crippen LogP contribution in [0.3, 0.4) is 0 Å². The lowest BCUT2D eigenvalue weighted by Crippen LogP contribution is -2.32. The van der Waals surface area contributed by atoms with Crippen molar-refractivity contribution >= 4 is 35.5 Å². The van der Waals surface area contributed by atoms with Crippen LogP contribution in [-0.2, 0) is 54.2 Å². The van der Waals surface area contributed by atoms with Gasteiger partial charge in [-0.2, -0.15) is 0 Å². The molecule has 44 heavy (non-hydrogen) atoms. The van der Waals surface area contributed by atoms with Crippen molar-refractivity contribution in [2.75, 3.05) is 19.8 Å². The quantitative estimate of drug-likeness (QED) is 0.129. The number of imide groups is 1. The largest absolute Gasteiger partial charge is 0.463 e. The fourth-order valence-corrected chi connectivity index (χ4v) is 4.61. The lowest BCUT2D eigenvalue weighted by atomic mass is 9.92. The molecule has 1 unspecified atom stereocenters. The summed E-state index contributed by atoms with van der Waals surface area (Å²) in [5.74, 6) is 3.12. The molecule has 1 aliphatic carbocycles. The van der Waals surface area contributed by atoms with E-state index in [2.05, 4.69) is 11.8 Å². The van der Waals surface area contributed by atoms with Crippen LogP contribution in [-0.4, -0.2) is 60.4 Å². The van der Waals surface area contributed by atoms with Gasteiger partial charge in [0.05, 0.1) is 25.9 Å². The fourth-order valence-electron chi connectivity index (χ4n) is 4.61.